The zero-order valence-electron chi connectivity index (χ0n) is 24.0. The van der Waals surface area contributed by atoms with Crippen LogP contribution in [0.2, 0.25) is 0 Å². The molecule has 1 aliphatic heterocycles. The fraction of sp³-hybridized carbons (Fsp3) is 0.455. The summed E-state index contributed by atoms with van der Waals surface area (Å²) < 4.78 is 13.4. The molecule has 3 saturated carbocycles. The number of hydrogen-bond donors (Lipinski definition) is 2. The van der Waals surface area contributed by atoms with Crippen molar-refractivity contribution in [1.29, 1.82) is 0 Å². The Balaban J connectivity index is 1.22. The number of benzene rings is 2. The maximum Gasteiger partial charge on any atom is 0.482 e. The van der Waals surface area contributed by atoms with Gasteiger partial charge in [-0.2, -0.15) is 11.3 Å². The molecule has 214 valence electrons. The number of carbonyl (C=O) groups is 2. The Morgan fingerprint density at radius 2 is 1.61 bits per heavy atom. The maximum atomic E-state index is 14.0. The molecule has 2 amide bonds. The van der Waals surface area contributed by atoms with E-state index in [0.29, 0.717) is 24.7 Å². The minimum atomic E-state index is -0.729. The third-order valence-electron chi connectivity index (χ3n) is 9.80. The fourth-order valence-corrected chi connectivity index (χ4v) is 7.99. The number of rotatable bonds is 10. The van der Waals surface area contributed by atoms with Crippen molar-refractivity contribution >= 4 is 30.3 Å². The second-order valence-electron chi connectivity index (χ2n) is 12.8. The molecule has 0 spiro atoms. The molecule has 1 saturated heterocycles. The van der Waals surface area contributed by atoms with Crippen LogP contribution in [0.3, 0.4) is 0 Å². The first kappa shape index (κ1) is 28.2. The average molecular weight is 571 g/mol. The molecule has 6 nitrogen and oxygen atoms in total. The highest BCUT2D eigenvalue weighted by molar-refractivity contribution is 7.08. The van der Waals surface area contributed by atoms with Gasteiger partial charge in [0.05, 0.1) is 24.1 Å². The molecule has 0 radical (unpaired) electrons. The lowest BCUT2D eigenvalue weighted by Crippen LogP contribution is -2.65. The summed E-state index contributed by atoms with van der Waals surface area (Å²) in [5, 5.41) is 10.2. The Bertz CT molecular complexity index is 1350. The topological polar surface area (TPSA) is 76.7 Å². The van der Waals surface area contributed by atoms with E-state index in [1.807, 2.05) is 65.4 Å². The maximum absolute atomic E-state index is 14.0. The van der Waals surface area contributed by atoms with Crippen molar-refractivity contribution in [3.8, 4) is 0 Å². The van der Waals surface area contributed by atoms with Crippen LogP contribution in [0.4, 0.5) is 0 Å². The Hall–Kier alpha value is -2.94. The number of nitrogens with one attached hydrogen (secondary N) is 2. The van der Waals surface area contributed by atoms with Crippen molar-refractivity contribution in [2.45, 2.75) is 76.6 Å². The lowest BCUT2D eigenvalue weighted by atomic mass is 9.43. The Morgan fingerprint density at radius 1 is 0.927 bits per heavy atom. The number of thiophene rings is 1. The van der Waals surface area contributed by atoms with Gasteiger partial charge in [-0.25, -0.2) is 0 Å². The zero-order chi connectivity index (χ0) is 28.6. The SMILES string of the molecule is CC1(C)[C@@H]2C[C@H]3OB([C@H](Cc4ccccc4)NC(=O)[C@H](Cc4ccccc4)NC(=O)Cc4ccsc4)O[C@@]3(C)[C@H]1C2. The molecule has 4 fully saturated rings. The molecule has 2 N–H and O–H groups in total. The second kappa shape index (κ2) is 11.4. The van der Waals surface area contributed by atoms with Gasteiger partial charge < -0.3 is 19.9 Å². The molecule has 41 heavy (non-hydrogen) atoms. The predicted octanol–water partition coefficient (Wildman–Crippen LogP) is 5.01. The zero-order valence-corrected chi connectivity index (χ0v) is 24.9. The first-order valence-corrected chi connectivity index (χ1v) is 15.7. The lowest BCUT2D eigenvalue weighted by Gasteiger charge is -2.64. The van der Waals surface area contributed by atoms with Gasteiger partial charge in [0.2, 0.25) is 11.8 Å². The number of amides is 2. The van der Waals surface area contributed by atoms with E-state index in [9.17, 15) is 9.59 Å². The van der Waals surface area contributed by atoms with E-state index in [1.165, 1.54) is 6.42 Å². The lowest BCUT2D eigenvalue weighted by molar-refractivity contribution is -0.199. The molecule has 2 aromatic carbocycles. The van der Waals surface area contributed by atoms with Crippen LogP contribution < -0.4 is 10.6 Å². The molecule has 2 bridgehead atoms. The summed E-state index contributed by atoms with van der Waals surface area (Å²) in [5.41, 5.74) is 2.88. The van der Waals surface area contributed by atoms with Crippen LogP contribution >= 0.6 is 11.3 Å². The van der Waals surface area contributed by atoms with E-state index >= 15 is 0 Å². The van der Waals surface area contributed by atoms with Crippen LogP contribution in [0.25, 0.3) is 0 Å². The number of carbonyl (C=O) groups excluding carboxylic acids is 2. The highest BCUT2D eigenvalue weighted by atomic mass is 32.1. The van der Waals surface area contributed by atoms with Crippen molar-refractivity contribution in [2.75, 3.05) is 0 Å². The number of hydrogen-bond acceptors (Lipinski definition) is 5. The Morgan fingerprint density at radius 3 is 2.24 bits per heavy atom. The van der Waals surface area contributed by atoms with Crippen molar-refractivity contribution in [1.82, 2.24) is 10.6 Å². The third-order valence-corrected chi connectivity index (χ3v) is 10.5. The van der Waals surface area contributed by atoms with E-state index in [4.69, 9.17) is 9.31 Å². The highest BCUT2D eigenvalue weighted by Crippen LogP contribution is 2.65. The van der Waals surface area contributed by atoms with E-state index in [0.717, 1.165) is 23.1 Å². The monoisotopic (exact) mass is 570 g/mol. The molecule has 7 rings (SSSR count). The smallest absolute Gasteiger partial charge is 0.404 e. The van der Waals surface area contributed by atoms with Crippen LogP contribution in [-0.2, 0) is 38.2 Å². The summed E-state index contributed by atoms with van der Waals surface area (Å²) in [6.07, 6.45) is 3.37. The van der Waals surface area contributed by atoms with Gasteiger partial charge in [-0.3, -0.25) is 9.59 Å². The van der Waals surface area contributed by atoms with Gasteiger partial charge >= 0.3 is 7.12 Å². The molecular weight excluding hydrogens is 531 g/mol. The summed E-state index contributed by atoms with van der Waals surface area (Å²) in [6, 6.07) is 21.1. The first-order chi connectivity index (χ1) is 19.7. The first-order valence-electron chi connectivity index (χ1n) is 14.7. The molecule has 6 atom stereocenters. The molecule has 0 unspecified atom stereocenters. The fourth-order valence-electron chi connectivity index (χ4n) is 7.32. The molecule has 8 heteroatoms. The van der Waals surface area contributed by atoms with Crippen molar-refractivity contribution in [3.05, 3.63) is 94.2 Å². The van der Waals surface area contributed by atoms with Crippen LogP contribution in [0, 0.1) is 17.3 Å². The van der Waals surface area contributed by atoms with Crippen LogP contribution in [-0.4, -0.2) is 42.6 Å². The van der Waals surface area contributed by atoms with Crippen LogP contribution in [0.5, 0.6) is 0 Å². The van der Waals surface area contributed by atoms with Gasteiger partial charge in [-0.05, 0) is 77.0 Å². The van der Waals surface area contributed by atoms with Gasteiger partial charge in [0.1, 0.15) is 6.04 Å². The predicted molar refractivity (Wildman–Crippen MR) is 162 cm³/mol. The normalized spacial score (nSPS) is 27.3. The average Bonchev–Trinajstić information content (AvgIpc) is 3.60. The summed E-state index contributed by atoms with van der Waals surface area (Å²) in [7, 11) is -0.566. The molecule has 4 aliphatic rings. The van der Waals surface area contributed by atoms with Crippen LogP contribution in [0.15, 0.2) is 77.5 Å². The van der Waals surface area contributed by atoms with Crippen molar-refractivity contribution < 1.29 is 18.9 Å². The van der Waals surface area contributed by atoms with Crippen molar-refractivity contribution in [3.63, 3.8) is 0 Å². The summed E-state index contributed by atoms with van der Waals surface area (Å²) in [6.45, 7) is 6.89. The van der Waals surface area contributed by atoms with Gasteiger partial charge in [-0.1, -0.05) is 74.5 Å². The van der Waals surface area contributed by atoms with E-state index < -0.39 is 19.1 Å². The summed E-state index contributed by atoms with van der Waals surface area (Å²) >= 11 is 1.56. The summed E-state index contributed by atoms with van der Waals surface area (Å²) in [4.78, 5) is 27.0. The quantitative estimate of drug-likeness (QED) is 0.336. The molecule has 3 aromatic rings. The Labute approximate surface area is 247 Å². The molecular formula is C33H39BN2O4S. The standard InChI is InChI=1S/C33H39BN2O4S/c1-32(2)25-19-27(32)33(3)28(20-25)39-34(40-33)29(17-23-12-8-5-9-13-23)36-31(38)26(16-22-10-6-4-7-11-22)35-30(37)18-24-14-15-41-21-24/h4-15,21,25-29H,16-20H2,1-3H3,(H,35,37)(H,36,38)/t25-,26-,27-,28+,29-,33-/m0/s1. The molecule has 3 aliphatic carbocycles. The minimum absolute atomic E-state index is 0.0184. The minimum Gasteiger partial charge on any atom is -0.404 e. The van der Waals surface area contributed by atoms with Gasteiger partial charge in [0, 0.05) is 6.42 Å². The summed E-state index contributed by atoms with van der Waals surface area (Å²) in [5.74, 6) is 0.265. The van der Waals surface area contributed by atoms with Gasteiger partial charge in [-0.15, -0.1) is 0 Å². The van der Waals surface area contributed by atoms with Gasteiger partial charge in [0.25, 0.3) is 0 Å². The second-order valence-corrected chi connectivity index (χ2v) is 13.5. The van der Waals surface area contributed by atoms with E-state index in [2.05, 4.69) is 43.5 Å². The third kappa shape index (κ3) is 5.75. The molecule has 2 heterocycles. The highest BCUT2D eigenvalue weighted by Gasteiger charge is 2.68. The van der Waals surface area contributed by atoms with Crippen molar-refractivity contribution in [2.24, 2.45) is 17.3 Å². The van der Waals surface area contributed by atoms with Gasteiger partial charge in [0.15, 0.2) is 0 Å². The van der Waals surface area contributed by atoms with E-state index in [-0.39, 0.29) is 35.4 Å². The van der Waals surface area contributed by atoms with Crippen LogP contribution in [0.1, 0.15) is 50.3 Å². The molecule has 1 aromatic heterocycles. The Kier molecular flexibility index (Phi) is 7.83. The largest absolute Gasteiger partial charge is 0.482 e. The van der Waals surface area contributed by atoms with E-state index in [1.54, 1.807) is 11.3 Å².